The molecule has 28 heavy (non-hydrogen) atoms. The maximum atomic E-state index is 13.2. The Morgan fingerprint density at radius 2 is 1.93 bits per heavy atom. The number of imidazole rings is 1. The Labute approximate surface area is 162 Å². The Kier molecular flexibility index (Phi) is 4.37. The number of rotatable bonds is 4. The first kappa shape index (κ1) is 18.2. The molecular weight excluding hydrogens is 354 g/mol. The number of hydrogen-bond donors (Lipinski definition) is 1. The highest BCUT2D eigenvalue weighted by molar-refractivity contribution is 6.06. The summed E-state index contributed by atoms with van der Waals surface area (Å²) in [7, 11) is 1.98. The molecule has 1 N–H and O–H groups in total. The van der Waals surface area contributed by atoms with Gasteiger partial charge in [0.25, 0.3) is 11.6 Å². The first-order valence-corrected chi connectivity index (χ1v) is 9.32. The van der Waals surface area contributed by atoms with Crippen LogP contribution in [0.5, 0.6) is 0 Å². The molecule has 0 spiro atoms. The van der Waals surface area contributed by atoms with Crippen LogP contribution in [-0.4, -0.2) is 25.6 Å². The van der Waals surface area contributed by atoms with Crippen LogP contribution in [0.15, 0.2) is 34.9 Å². The van der Waals surface area contributed by atoms with E-state index in [1.54, 1.807) is 6.07 Å². The zero-order valence-corrected chi connectivity index (χ0v) is 16.6. The number of benzene rings is 1. The maximum Gasteiger partial charge on any atom is 0.258 e. The molecule has 7 heteroatoms. The van der Waals surface area contributed by atoms with Gasteiger partial charge in [-0.15, -0.1) is 0 Å². The molecular formula is C21H23N5O2. The second-order valence-electron chi connectivity index (χ2n) is 7.47. The fourth-order valence-corrected chi connectivity index (χ4v) is 3.59. The first-order chi connectivity index (χ1) is 13.4. The Balaban J connectivity index is 1.76. The SMILES string of the molecule is Cc1cc(C(=O)NC(c2nc3ccccc3n2C)C(C)C)c2c(C)noc2n1. The Morgan fingerprint density at radius 3 is 2.64 bits per heavy atom. The van der Waals surface area contributed by atoms with Crippen LogP contribution in [0, 0.1) is 19.8 Å². The number of amides is 1. The second-order valence-corrected chi connectivity index (χ2v) is 7.47. The van der Waals surface area contributed by atoms with E-state index in [9.17, 15) is 4.79 Å². The predicted octanol–water partition coefficient (Wildman–Crippen LogP) is 3.85. The second kappa shape index (κ2) is 6.74. The highest BCUT2D eigenvalue weighted by Crippen LogP contribution is 2.27. The average Bonchev–Trinajstić information content (AvgIpc) is 3.19. The van der Waals surface area contributed by atoms with Crippen LogP contribution in [0.3, 0.4) is 0 Å². The molecule has 1 aromatic carbocycles. The molecule has 0 saturated carbocycles. The highest BCUT2D eigenvalue weighted by Gasteiger charge is 2.26. The largest absolute Gasteiger partial charge is 0.342 e. The standard InChI is InChI=1S/C21H23N5O2/c1-11(2)18(19-23-15-8-6-7-9-16(15)26(19)5)24-20(27)14-10-12(3)22-21-17(14)13(4)25-28-21/h6-11,18H,1-5H3,(H,24,27). The summed E-state index contributed by atoms with van der Waals surface area (Å²) in [4.78, 5) is 22.3. The first-order valence-electron chi connectivity index (χ1n) is 9.32. The molecule has 3 heterocycles. The number of hydrogen-bond acceptors (Lipinski definition) is 5. The molecule has 4 aromatic rings. The molecule has 4 rings (SSSR count). The molecule has 0 aliphatic carbocycles. The van der Waals surface area contributed by atoms with Gasteiger partial charge in [0.15, 0.2) is 0 Å². The molecule has 7 nitrogen and oxygen atoms in total. The van der Waals surface area contributed by atoms with Crippen LogP contribution < -0.4 is 5.32 Å². The number of fused-ring (bicyclic) bond motifs is 2. The lowest BCUT2D eigenvalue weighted by molar-refractivity contribution is 0.0924. The average molecular weight is 377 g/mol. The summed E-state index contributed by atoms with van der Waals surface area (Å²) in [5.41, 5.74) is 4.21. The zero-order chi connectivity index (χ0) is 20.0. The highest BCUT2D eigenvalue weighted by atomic mass is 16.5. The molecule has 0 saturated heterocycles. The van der Waals surface area contributed by atoms with Crippen molar-refractivity contribution >= 4 is 28.0 Å². The van der Waals surface area contributed by atoms with Crippen molar-refractivity contribution in [2.24, 2.45) is 13.0 Å². The Hall–Kier alpha value is -3.22. The van der Waals surface area contributed by atoms with Crippen LogP contribution in [0.25, 0.3) is 22.1 Å². The lowest BCUT2D eigenvalue weighted by Crippen LogP contribution is -2.33. The summed E-state index contributed by atoms with van der Waals surface area (Å²) in [6.45, 7) is 7.79. The van der Waals surface area contributed by atoms with Gasteiger partial charge >= 0.3 is 0 Å². The third-order valence-electron chi connectivity index (χ3n) is 5.04. The molecule has 0 fully saturated rings. The number of aromatic nitrogens is 4. The normalized spacial score (nSPS) is 12.8. The van der Waals surface area contributed by atoms with Gasteiger partial charge < -0.3 is 14.4 Å². The van der Waals surface area contributed by atoms with Crippen molar-refractivity contribution in [1.29, 1.82) is 0 Å². The van der Waals surface area contributed by atoms with Gasteiger partial charge in [-0.1, -0.05) is 31.1 Å². The summed E-state index contributed by atoms with van der Waals surface area (Å²) >= 11 is 0. The van der Waals surface area contributed by atoms with E-state index in [2.05, 4.69) is 29.3 Å². The molecule has 0 aliphatic rings. The van der Waals surface area contributed by atoms with Crippen molar-refractivity contribution in [1.82, 2.24) is 25.0 Å². The van der Waals surface area contributed by atoms with Crippen molar-refractivity contribution in [3.63, 3.8) is 0 Å². The maximum absolute atomic E-state index is 13.2. The number of carbonyl (C=O) groups is 1. The van der Waals surface area contributed by atoms with Gasteiger partial charge in [0, 0.05) is 12.7 Å². The molecule has 1 unspecified atom stereocenters. The van der Waals surface area contributed by atoms with Crippen molar-refractivity contribution in [2.45, 2.75) is 33.7 Å². The monoisotopic (exact) mass is 377 g/mol. The predicted molar refractivity (Wildman–Crippen MR) is 107 cm³/mol. The van der Waals surface area contributed by atoms with E-state index < -0.39 is 0 Å². The van der Waals surface area contributed by atoms with Gasteiger partial charge in [-0.05, 0) is 38.0 Å². The van der Waals surface area contributed by atoms with Crippen LogP contribution in [0.1, 0.15) is 47.5 Å². The van der Waals surface area contributed by atoms with Gasteiger partial charge in [-0.25, -0.2) is 9.97 Å². The molecule has 1 atom stereocenters. The van der Waals surface area contributed by atoms with Crippen molar-refractivity contribution in [3.8, 4) is 0 Å². The molecule has 144 valence electrons. The fraction of sp³-hybridized carbons (Fsp3) is 0.333. The van der Waals surface area contributed by atoms with Crippen LogP contribution in [-0.2, 0) is 7.05 Å². The van der Waals surface area contributed by atoms with Crippen LogP contribution in [0.4, 0.5) is 0 Å². The van der Waals surface area contributed by atoms with E-state index in [4.69, 9.17) is 9.51 Å². The van der Waals surface area contributed by atoms with Crippen LogP contribution in [0.2, 0.25) is 0 Å². The summed E-state index contributed by atoms with van der Waals surface area (Å²) < 4.78 is 7.30. The number of aryl methyl sites for hydroxylation is 3. The third kappa shape index (κ3) is 2.93. The number of nitrogens with zero attached hydrogens (tertiary/aromatic N) is 4. The summed E-state index contributed by atoms with van der Waals surface area (Å²) in [6.07, 6.45) is 0. The summed E-state index contributed by atoms with van der Waals surface area (Å²) in [5.74, 6) is 0.794. The lowest BCUT2D eigenvalue weighted by Gasteiger charge is -2.22. The molecule has 3 aromatic heterocycles. The van der Waals surface area contributed by atoms with E-state index in [0.717, 1.165) is 16.9 Å². The number of para-hydroxylation sites is 2. The third-order valence-corrected chi connectivity index (χ3v) is 5.04. The van der Waals surface area contributed by atoms with E-state index >= 15 is 0 Å². The van der Waals surface area contributed by atoms with Crippen molar-refractivity contribution in [3.05, 3.63) is 53.1 Å². The number of nitrogens with one attached hydrogen (secondary N) is 1. The zero-order valence-electron chi connectivity index (χ0n) is 16.6. The van der Waals surface area contributed by atoms with E-state index in [-0.39, 0.29) is 17.9 Å². The number of pyridine rings is 1. The minimum absolute atomic E-state index is 0.154. The van der Waals surface area contributed by atoms with E-state index in [0.29, 0.717) is 28.1 Å². The number of carbonyl (C=O) groups excluding carboxylic acids is 1. The smallest absolute Gasteiger partial charge is 0.258 e. The minimum Gasteiger partial charge on any atom is -0.342 e. The molecule has 0 radical (unpaired) electrons. The van der Waals surface area contributed by atoms with Gasteiger partial charge in [0.2, 0.25) is 0 Å². The Morgan fingerprint density at radius 1 is 1.18 bits per heavy atom. The topological polar surface area (TPSA) is 85.8 Å². The van der Waals surface area contributed by atoms with Gasteiger partial charge in [0.05, 0.1) is 33.7 Å². The molecule has 1 amide bonds. The quantitative estimate of drug-likeness (QED) is 0.584. The van der Waals surface area contributed by atoms with Crippen LogP contribution >= 0.6 is 0 Å². The summed E-state index contributed by atoms with van der Waals surface area (Å²) in [5, 5.41) is 7.78. The van der Waals surface area contributed by atoms with Crippen molar-refractivity contribution in [2.75, 3.05) is 0 Å². The van der Waals surface area contributed by atoms with E-state index in [1.165, 1.54) is 0 Å². The Bertz CT molecular complexity index is 1190. The fourth-order valence-electron chi connectivity index (χ4n) is 3.59. The summed E-state index contributed by atoms with van der Waals surface area (Å²) in [6, 6.07) is 9.49. The van der Waals surface area contributed by atoms with Gasteiger partial charge in [-0.3, -0.25) is 4.79 Å². The lowest BCUT2D eigenvalue weighted by atomic mass is 10.0. The minimum atomic E-state index is -0.242. The molecule has 0 aliphatic heterocycles. The van der Waals surface area contributed by atoms with E-state index in [1.807, 2.05) is 49.7 Å². The molecule has 0 bridgehead atoms. The van der Waals surface area contributed by atoms with Gasteiger partial charge in [0.1, 0.15) is 5.82 Å². The van der Waals surface area contributed by atoms with Crippen molar-refractivity contribution < 1.29 is 9.32 Å². The van der Waals surface area contributed by atoms with Gasteiger partial charge in [-0.2, -0.15) is 0 Å².